The van der Waals surface area contributed by atoms with Crippen LogP contribution in [0.1, 0.15) is 42.9 Å². The highest BCUT2D eigenvalue weighted by Gasteiger charge is 2.30. The Morgan fingerprint density at radius 3 is 2.60 bits per heavy atom. The normalized spacial score (nSPS) is 21.1. The molecule has 2 aliphatic rings. The number of hydrogen-bond acceptors (Lipinski definition) is 4. The van der Waals surface area contributed by atoms with Gasteiger partial charge in [-0.25, -0.2) is 4.39 Å². The van der Waals surface area contributed by atoms with Gasteiger partial charge in [0, 0.05) is 23.3 Å². The number of ether oxygens (including phenoxy) is 1. The summed E-state index contributed by atoms with van der Waals surface area (Å²) in [6, 6.07) is 14.3. The zero-order valence-electron chi connectivity index (χ0n) is 16.3. The highest BCUT2D eigenvalue weighted by molar-refractivity contribution is 5.98. The molecule has 2 atom stereocenters. The molecule has 0 amide bonds. The third-order valence-corrected chi connectivity index (χ3v) is 5.54. The van der Waals surface area contributed by atoms with Crippen molar-refractivity contribution in [3.05, 3.63) is 65.6 Å². The van der Waals surface area contributed by atoms with E-state index in [4.69, 9.17) is 9.72 Å². The van der Waals surface area contributed by atoms with Crippen LogP contribution < -0.4 is 0 Å². The molecule has 1 N–H and O–H groups in total. The zero-order valence-corrected chi connectivity index (χ0v) is 16.3. The second-order valence-electron chi connectivity index (χ2n) is 7.89. The molecule has 1 aromatic heterocycles. The van der Waals surface area contributed by atoms with Crippen molar-refractivity contribution in [1.82, 2.24) is 4.98 Å². The van der Waals surface area contributed by atoms with Crippen LogP contribution in [0.5, 0.6) is 0 Å². The average molecular weight is 401 g/mol. The first kappa shape index (κ1) is 18.8. The monoisotopic (exact) mass is 401 g/mol. The van der Waals surface area contributed by atoms with Crippen molar-refractivity contribution in [2.24, 2.45) is 0 Å². The van der Waals surface area contributed by atoms with Crippen LogP contribution in [0, 0.1) is 17.7 Å². The number of rotatable bonds is 2. The zero-order chi connectivity index (χ0) is 20.7. The van der Waals surface area contributed by atoms with Gasteiger partial charge in [-0.1, -0.05) is 42.2 Å². The SMILES string of the molecule is O=C1CC(O)CC(C#Cc2c(C3CC3)nc3ccccc3c2-c2ccc(F)cc2)O1. The molecule has 1 aliphatic carbocycles. The molecule has 1 aliphatic heterocycles. The molecule has 5 rings (SSSR count). The molecule has 1 saturated carbocycles. The van der Waals surface area contributed by atoms with E-state index in [1.807, 2.05) is 24.3 Å². The number of benzene rings is 2. The molecule has 2 heterocycles. The van der Waals surface area contributed by atoms with Gasteiger partial charge in [-0.3, -0.25) is 9.78 Å². The van der Waals surface area contributed by atoms with Gasteiger partial charge >= 0.3 is 5.97 Å². The van der Waals surface area contributed by atoms with Crippen LogP contribution in [0.3, 0.4) is 0 Å². The van der Waals surface area contributed by atoms with Crippen LogP contribution in [0.2, 0.25) is 0 Å². The fraction of sp³-hybridized carbons (Fsp3) is 0.280. The molecule has 4 nitrogen and oxygen atoms in total. The number of cyclic esters (lactones) is 1. The predicted molar refractivity (Wildman–Crippen MR) is 111 cm³/mol. The molecule has 1 saturated heterocycles. The van der Waals surface area contributed by atoms with Crippen LogP contribution in [0.25, 0.3) is 22.0 Å². The second kappa shape index (κ2) is 7.55. The number of aromatic nitrogens is 1. The molecule has 2 fully saturated rings. The number of halogens is 1. The van der Waals surface area contributed by atoms with Crippen molar-refractivity contribution in [3.8, 4) is 23.0 Å². The van der Waals surface area contributed by atoms with E-state index in [1.54, 1.807) is 12.1 Å². The molecule has 150 valence electrons. The summed E-state index contributed by atoms with van der Waals surface area (Å²) in [6.45, 7) is 0. The highest BCUT2D eigenvalue weighted by Crippen LogP contribution is 2.44. The Bertz CT molecular complexity index is 1190. The van der Waals surface area contributed by atoms with E-state index in [1.165, 1.54) is 12.1 Å². The summed E-state index contributed by atoms with van der Waals surface area (Å²) in [5, 5.41) is 10.8. The Morgan fingerprint density at radius 2 is 1.87 bits per heavy atom. The van der Waals surface area contributed by atoms with Crippen molar-refractivity contribution < 1.29 is 19.0 Å². The minimum absolute atomic E-state index is 0.00383. The lowest BCUT2D eigenvalue weighted by molar-refractivity contribution is -0.155. The lowest BCUT2D eigenvalue weighted by Gasteiger charge is -2.22. The van der Waals surface area contributed by atoms with E-state index in [9.17, 15) is 14.3 Å². The Kier molecular flexibility index (Phi) is 4.72. The second-order valence-corrected chi connectivity index (χ2v) is 7.89. The number of esters is 1. The van der Waals surface area contributed by atoms with Crippen molar-refractivity contribution in [1.29, 1.82) is 0 Å². The Labute approximate surface area is 173 Å². The number of nitrogens with zero attached hydrogens (tertiary/aromatic N) is 1. The first-order valence-electron chi connectivity index (χ1n) is 10.2. The molecule has 0 bridgehead atoms. The molecule has 0 radical (unpaired) electrons. The maximum atomic E-state index is 13.6. The predicted octanol–water partition coefficient (Wildman–Crippen LogP) is 4.34. The smallest absolute Gasteiger partial charge is 0.309 e. The maximum absolute atomic E-state index is 13.6. The molecule has 30 heavy (non-hydrogen) atoms. The van der Waals surface area contributed by atoms with Gasteiger partial charge < -0.3 is 9.84 Å². The topological polar surface area (TPSA) is 59.4 Å². The molecule has 0 spiro atoms. The maximum Gasteiger partial charge on any atom is 0.309 e. The van der Waals surface area contributed by atoms with Crippen LogP contribution in [-0.2, 0) is 9.53 Å². The average Bonchev–Trinajstić information content (AvgIpc) is 3.57. The van der Waals surface area contributed by atoms with E-state index < -0.39 is 18.2 Å². The quantitative estimate of drug-likeness (QED) is 0.513. The highest BCUT2D eigenvalue weighted by atomic mass is 19.1. The Hall–Kier alpha value is -3.23. The van der Waals surface area contributed by atoms with Gasteiger partial charge in [0.15, 0.2) is 6.10 Å². The number of aliphatic hydroxyl groups excluding tert-OH is 1. The minimum atomic E-state index is -0.736. The lowest BCUT2D eigenvalue weighted by atomic mass is 9.92. The third-order valence-electron chi connectivity index (χ3n) is 5.54. The van der Waals surface area contributed by atoms with Crippen molar-refractivity contribution in [3.63, 3.8) is 0 Å². The standard InChI is InChI=1S/C25H20FNO3/c26-17-9-7-15(8-10-17)24-20-3-1-2-4-22(20)27-25(16-5-6-16)21(24)12-11-19-13-18(28)14-23(29)30-19/h1-4,7-10,16,18-19,28H,5-6,13-14H2. The summed E-state index contributed by atoms with van der Waals surface area (Å²) in [4.78, 5) is 16.6. The number of carbonyl (C=O) groups excluding carboxylic acids is 1. The molecule has 2 aromatic carbocycles. The van der Waals surface area contributed by atoms with E-state index >= 15 is 0 Å². The molecule has 5 heteroatoms. The number of para-hydroxylation sites is 1. The van der Waals surface area contributed by atoms with Gasteiger partial charge in [0.1, 0.15) is 5.82 Å². The third kappa shape index (κ3) is 3.67. The largest absolute Gasteiger partial charge is 0.449 e. The van der Waals surface area contributed by atoms with Crippen molar-refractivity contribution in [2.75, 3.05) is 0 Å². The molecular weight excluding hydrogens is 381 g/mol. The van der Waals surface area contributed by atoms with E-state index in [2.05, 4.69) is 11.8 Å². The van der Waals surface area contributed by atoms with Gasteiger partial charge in [-0.05, 0) is 36.6 Å². The van der Waals surface area contributed by atoms with Crippen LogP contribution >= 0.6 is 0 Å². The number of fused-ring (bicyclic) bond motifs is 1. The van der Waals surface area contributed by atoms with Gasteiger partial charge in [-0.15, -0.1) is 0 Å². The van der Waals surface area contributed by atoms with Crippen LogP contribution in [0.4, 0.5) is 4.39 Å². The molecular formula is C25H20FNO3. The van der Waals surface area contributed by atoms with Crippen LogP contribution in [-0.4, -0.2) is 28.3 Å². The summed E-state index contributed by atoms with van der Waals surface area (Å²) in [7, 11) is 0. The van der Waals surface area contributed by atoms with Crippen molar-refractivity contribution >= 4 is 16.9 Å². The molecule has 3 aromatic rings. The molecule has 2 unspecified atom stereocenters. The van der Waals surface area contributed by atoms with Crippen molar-refractivity contribution in [2.45, 2.75) is 43.8 Å². The van der Waals surface area contributed by atoms with E-state index in [-0.39, 0.29) is 12.2 Å². The minimum Gasteiger partial charge on any atom is -0.449 e. The summed E-state index contributed by atoms with van der Waals surface area (Å²) >= 11 is 0. The number of pyridine rings is 1. The lowest BCUT2D eigenvalue weighted by Crippen LogP contribution is -2.31. The van der Waals surface area contributed by atoms with Gasteiger partial charge in [0.05, 0.1) is 29.3 Å². The van der Waals surface area contributed by atoms with E-state index in [0.717, 1.165) is 46.1 Å². The number of hydrogen-bond donors (Lipinski definition) is 1. The fourth-order valence-electron chi connectivity index (χ4n) is 3.94. The van der Waals surface area contributed by atoms with Gasteiger partial charge in [0.25, 0.3) is 0 Å². The summed E-state index contributed by atoms with van der Waals surface area (Å²) in [6.07, 6.45) is 1.02. The summed E-state index contributed by atoms with van der Waals surface area (Å²) < 4.78 is 18.9. The fourth-order valence-corrected chi connectivity index (χ4v) is 3.94. The van der Waals surface area contributed by atoms with E-state index in [0.29, 0.717) is 12.3 Å². The first-order valence-corrected chi connectivity index (χ1v) is 10.2. The Balaban J connectivity index is 1.71. The number of aliphatic hydroxyl groups is 1. The first-order chi connectivity index (χ1) is 14.6. The number of carbonyl (C=O) groups is 1. The van der Waals surface area contributed by atoms with Gasteiger partial charge in [-0.2, -0.15) is 0 Å². The summed E-state index contributed by atoms with van der Waals surface area (Å²) in [5.41, 5.74) is 4.38. The van der Waals surface area contributed by atoms with Gasteiger partial charge in [0.2, 0.25) is 0 Å². The summed E-state index contributed by atoms with van der Waals surface area (Å²) in [5.74, 6) is 5.88. The Morgan fingerprint density at radius 1 is 1.10 bits per heavy atom. The van der Waals surface area contributed by atoms with Crippen LogP contribution in [0.15, 0.2) is 48.5 Å².